The molecule has 8 heterocycles. The Morgan fingerprint density at radius 1 is 0.423 bits per heavy atom. The molecule has 7 atom stereocenters. The van der Waals surface area contributed by atoms with Crippen molar-refractivity contribution in [1.29, 1.82) is 0 Å². The van der Waals surface area contributed by atoms with Crippen molar-refractivity contribution in [3.05, 3.63) is 177 Å². The number of aromatic amines is 4. The highest BCUT2D eigenvalue weighted by atomic mass is 32.1. The van der Waals surface area contributed by atoms with Gasteiger partial charge in [-0.3, -0.25) is 19.2 Å². The van der Waals surface area contributed by atoms with Crippen LogP contribution in [0.4, 0.5) is 14.4 Å². The first-order valence-corrected chi connectivity index (χ1v) is 36.4. The van der Waals surface area contributed by atoms with Crippen LogP contribution >= 0.6 is 67.5 Å². The van der Waals surface area contributed by atoms with Crippen LogP contribution in [0.3, 0.4) is 0 Å². The Kier molecular flexibility index (Phi) is 31.7. The van der Waals surface area contributed by atoms with Crippen LogP contribution in [0.2, 0.25) is 0 Å². The Morgan fingerprint density at radius 3 is 1.21 bits per heavy atom. The van der Waals surface area contributed by atoms with E-state index in [-0.39, 0.29) is 126 Å². The molecule has 111 heavy (non-hydrogen) atoms. The predicted molar refractivity (Wildman–Crippen MR) is 460 cm³/mol. The molecule has 0 spiro atoms. The monoisotopic (exact) mass is 1610 g/mol. The van der Waals surface area contributed by atoms with Gasteiger partial charge in [0, 0.05) is 52.4 Å². The van der Waals surface area contributed by atoms with Crippen LogP contribution in [0.5, 0.6) is 0 Å². The SMILES string of the molecule is COC(=O)N[C@H](C(=O)N1CCCC1c1cc2ccc(-c3ccc4cc(-c5cnc([C@@H]6CCCN6C(=O)[C@@H](NC(=O)OC)C(C)C)[nH]5)ccc4c3)cc2c(=O)[nH]1)C(C)C.COC(=O)N[C@H](C(=O)O)C(C)C.O=c1[nH]c(C2CCCN2)cc2ccc(-c3ccc4cc(-c5cnc([C@@H]6CCCN6)[nH]5)ccc4c3)cc12.S.S.S.S.S. The van der Waals surface area contributed by atoms with E-state index < -0.39 is 42.4 Å². The number of nitrogens with zero attached hydrogens (tertiary/aromatic N) is 4. The maximum atomic E-state index is 13.6. The second kappa shape index (κ2) is 39.7. The molecule has 0 aliphatic carbocycles. The van der Waals surface area contributed by atoms with Crippen LogP contribution in [0.1, 0.15) is 140 Å². The number of amides is 5. The topological polar surface area (TPSA) is 340 Å². The minimum absolute atomic E-state index is 0. The fourth-order valence-corrected chi connectivity index (χ4v) is 14.8. The summed E-state index contributed by atoms with van der Waals surface area (Å²) in [4.78, 5) is 125. The van der Waals surface area contributed by atoms with Gasteiger partial charge in [0.1, 0.15) is 29.8 Å². The lowest BCUT2D eigenvalue weighted by molar-refractivity contribution is -0.140. The van der Waals surface area contributed by atoms with E-state index in [1.807, 2.05) is 76.4 Å². The maximum absolute atomic E-state index is 13.6. The number of fused-ring (bicyclic) bond motifs is 4. The van der Waals surface area contributed by atoms with E-state index >= 15 is 0 Å². The number of benzene rings is 6. The number of aliphatic carboxylic acids is 1. The zero-order valence-corrected chi connectivity index (χ0v) is 68.7. The second-order valence-electron chi connectivity index (χ2n) is 28.7. The number of hydrogen-bond acceptors (Lipinski definition) is 15. The first-order valence-electron chi connectivity index (χ1n) is 36.4. The van der Waals surface area contributed by atoms with Gasteiger partial charge in [-0.25, -0.2) is 29.1 Å². The van der Waals surface area contributed by atoms with Crippen molar-refractivity contribution in [2.24, 2.45) is 17.8 Å². The summed E-state index contributed by atoms with van der Waals surface area (Å²) < 4.78 is 13.8. The summed E-state index contributed by atoms with van der Waals surface area (Å²) in [7, 11) is 3.74. The van der Waals surface area contributed by atoms with Gasteiger partial charge in [-0.2, -0.15) is 67.5 Å². The first kappa shape index (κ1) is 88.8. The van der Waals surface area contributed by atoms with Gasteiger partial charge in [0.25, 0.3) is 11.1 Å². The lowest BCUT2D eigenvalue weighted by atomic mass is 9.97. The summed E-state index contributed by atoms with van der Waals surface area (Å²) in [5.74, 6) is -0.121. The molecular formula is C81H103N13O12S5. The van der Waals surface area contributed by atoms with Crippen molar-refractivity contribution < 1.29 is 48.1 Å². The number of carbonyl (C=O) groups excluding carboxylic acids is 5. The van der Waals surface area contributed by atoms with E-state index in [2.05, 4.69) is 135 Å². The first-order chi connectivity index (χ1) is 51.1. The number of pyridine rings is 2. The van der Waals surface area contributed by atoms with Crippen molar-refractivity contribution >= 4 is 147 Å². The molecule has 6 aromatic carbocycles. The summed E-state index contributed by atoms with van der Waals surface area (Å²) in [6.07, 6.45) is 9.34. The standard InChI is InChI=1S/C44H51N7O7.C30H29N5O.C7H13NO4.5H2S/c1-24(2)37(48-43(55)57-5)41(53)50-17-7-9-35(50)33-22-30-15-13-29(21-32(30)40(52)47-33)27-11-12-28-20-31(16-14-26(28)19-27)34-23-45-39(46-34)36-10-8-18-51(36)42(54)38(25(3)4)49-44(56)58-6;36-30-24-15-21(7-9-22(24)16-27(35-30)25-3-1-11-31-25)19-5-6-20-14-23(10-8-18(20)13-19)28-17-33-29(34-28)26-4-2-12-32-26;1-4(2)5(6(9)10)8-7(11)12-3;;;;;/h11-16,19-25,35-38H,7-10,17-18H2,1-6H3,(H,45,46)(H,47,52)(H,48,55)(H,49,56);5-10,13-17,25-26,31-32H,1-4,11-12H2,(H,33,34)(H,35,36);4-5H,1-3H3,(H,8,11)(H,9,10);5*1H2/t35?,36-,37-,38-;25?,26-;5-;;;;;/m000...../s1. The Hall–Kier alpha value is -9.43. The molecule has 4 aliphatic heterocycles. The van der Waals surface area contributed by atoms with E-state index in [9.17, 15) is 38.4 Å². The van der Waals surface area contributed by atoms with Gasteiger partial charge in [0.05, 0.1) is 63.2 Å². The third-order valence-electron chi connectivity index (χ3n) is 20.6. The second-order valence-corrected chi connectivity index (χ2v) is 28.7. The number of carboxylic acid groups (broad SMARTS) is 1. The fourth-order valence-electron chi connectivity index (χ4n) is 14.8. The van der Waals surface area contributed by atoms with Crippen molar-refractivity contribution in [3.63, 3.8) is 0 Å². The average Bonchev–Trinajstić information content (AvgIpc) is 1.23. The molecule has 14 rings (SSSR count). The number of rotatable bonds is 17. The minimum Gasteiger partial charge on any atom is -0.480 e. The van der Waals surface area contributed by atoms with Gasteiger partial charge in [0.15, 0.2) is 0 Å². The zero-order valence-electron chi connectivity index (χ0n) is 63.7. The van der Waals surface area contributed by atoms with Crippen LogP contribution in [-0.2, 0) is 28.6 Å². The lowest BCUT2D eigenvalue weighted by Gasteiger charge is -2.30. The number of likely N-dealkylation sites (tertiary alicyclic amines) is 2. The summed E-state index contributed by atoms with van der Waals surface area (Å²) >= 11 is 0. The Labute approximate surface area is 679 Å². The van der Waals surface area contributed by atoms with Crippen molar-refractivity contribution in [3.8, 4) is 44.8 Å². The zero-order chi connectivity index (χ0) is 75.0. The molecule has 4 aromatic heterocycles. The summed E-state index contributed by atoms with van der Waals surface area (Å²) in [5.41, 5.74) is 9.41. The Balaban J connectivity index is 0.000000275. The number of ether oxygens (including phenoxy) is 3. The highest BCUT2D eigenvalue weighted by molar-refractivity contribution is 7.60. The molecular weight excluding hydrogens is 1510 g/mol. The number of carboxylic acids is 1. The molecule has 0 saturated carbocycles. The van der Waals surface area contributed by atoms with Gasteiger partial charge in [-0.15, -0.1) is 0 Å². The summed E-state index contributed by atoms with van der Waals surface area (Å²) in [6.45, 7) is 14.1. The molecule has 0 radical (unpaired) electrons. The van der Waals surface area contributed by atoms with E-state index in [1.54, 1.807) is 29.8 Å². The predicted octanol–water partition coefficient (Wildman–Crippen LogP) is 13.4. The van der Waals surface area contributed by atoms with Gasteiger partial charge in [-0.05, 0) is 185 Å². The number of nitrogens with one attached hydrogen (secondary N) is 9. The van der Waals surface area contributed by atoms with Crippen LogP contribution < -0.4 is 37.7 Å². The van der Waals surface area contributed by atoms with Gasteiger partial charge >= 0.3 is 24.2 Å². The molecule has 30 heteroatoms. The smallest absolute Gasteiger partial charge is 0.407 e. The number of aromatic nitrogens is 6. The quantitative estimate of drug-likeness (QED) is 0.0379. The van der Waals surface area contributed by atoms with Crippen LogP contribution in [0, 0.1) is 17.8 Å². The summed E-state index contributed by atoms with van der Waals surface area (Å²) in [5, 5.41) is 30.6. The molecule has 10 N–H and O–H groups in total. The number of hydrogen-bond donors (Lipinski definition) is 10. The molecule has 4 saturated heterocycles. The number of carbonyl (C=O) groups is 6. The molecule has 4 aliphatic rings. The van der Waals surface area contributed by atoms with Crippen molar-refractivity contribution in [2.45, 2.75) is 135 Å². The number of alkyl carbamates (subject to hydrolysis) is 3. The third-order valence-corrected chi connectivity index (χ3v) is 20.6. The largest absolute Gasteiger partial charge is 0.480 e. The van der Waals surface area contributed by atoms with Crippen molar-refractivity contribution in [1.82, 2.24) is 66.3 Å². The fraction of sp³-hybridized carbons (Fsp3) is 0.383. The van der Waals surface area contributed by atoms with Gasteiger partial charge in [0.2, 0.25) is 11.8 Å². The Bertz CT molecular complexity index is 5060. The van der Waals surface area contributed by atoms with E-state index in [0.29, 0.717) is 42.5 Å². The van der Waals surface area contributed by atoms with E-state index in [1.165, 1.54) is 38.5 Å². The maximum Gasteiger partial charge on any atom is 0.407 e. The molecule has 594 valence electrons. The van der Waals surface area contributed by atoms with E-state index in [0.717, 1.165) is 135 Å². The van der Waals surface area contributed by atoms with Gasteiger partial charge < -0.3 is 75.6 Å². The van der Waals surface area contributed by atoms with Gasteiger partial charge in [-0.1, -0.05) is 114 Å². The molecule has 10 aromatic rings. The van der Waals surface area contributed by atoms with E-state index in [4.69, 9.17) is 19.6 Å². The third kappa shape index (κ3) is 20.5. The molecule has 2 unspecified atom stereocenters. The van der Waals surface area contributed by atoms with Crippen LogP contribution in [0.15, 0.2) is 143 Å². The molecule has 5 amide bonds. The molecule has 25 nitrogen and oxygen atoms in total. The Morgan fingerprint density at radius 2 is 0.784 bits per heavy atom. The summed E-state index contributed by atoms with van der Waals surface area (Å²) in [6, 6.07) is 39.2. The highest BCUT2D eigenvalue weighted by Gasteiger charge is 2.39. The average molecular weight is 1610 g/mol. The number of H-pyrrole nitrogens is 4. The van der Waals surface area contributed by atoms with Crippen molar-refractivity contribution in [2.75, 3.05) is 47.5 Å². The molecule has 0 bridgehead atoms. The lowest BCUT2D eigenvalue weighted by Crippen LogP contribution is -2.51. The normalized spacial score (nSPS) is 17.2. The number of methoxy groups -OCH3 is 3. The highest BCUT2D eigenvalue weighted by Crippen LogP contribution is 2.38. The number of imidazole rings is 2. The minimum atomic E-state index is -1.06. The van der Waals surface area contributed by atoms with Crippen LogP contribution in [-0.4, -0.2) is 147 Å². The van der Waals surface area contributed by atoms with Crippen LogP contribution in [0.25, 0.3) is 87.9 Å². The molecule has 4 fully saturated rings.